The molecular formula is C9H11ClN6. The predicted octanol–water partition coefficient (Wildman–Crippen LogP) is 1.06. The van der Waals surface area contributed by atoms with Crippen molar-refractivity contribution in [3.63, 3.8) is 0 Å². The summed E-state index contributed by atoms with van der Waals surface area (Å²) in [6.07, 6.45) is 4.77. The van der Waals surface area contributed by atoms with Gasteiger partial charge in [-0.25, -0.2) is 9.97 Å². The molecule has 0 aliphatic rings. The van der Waals surface area contributed by atoms with E-state index in [0.29, 0.717) is 23.3 Å². The van der Waals surface area contributed by atoms with E-state index >= 15 is 0 Å². The van der Waals surface area contributed by atoms with Crippen LogP contribution in [0.25, 0.3) is 0 Å². The van der Waals surface area contributed by atoms with Crippen molar-refractivity contribution in [2.75, 3.05) is 11.1 Å². The summed E-state index contributed by atoms with van der Waals surface area (Å²) in [5.41, 5.74) is 6.69. The van der Waals surface area contributed by atoms with Gasteiger partial charge in [0.2, 0.25) is 5.95 Å². The Balaban J connectivity index is 2.02. The van der Waals surface area contributed by atoms with E-state index in [9.17, 15) is 0 Å². The van der Waals surface area contributed by atoms with Gasteiger partial charge in [0, 0.05) is 19.2 Å². The van der Waals surface area contributed by atoms with Crippen LogP contribution in [-0.2, 0) is 13.6 Å². The van der Waals surface area contributed by atoms with Crippen molar-refractivity contribution >= 4 is 23.4 Å². The fourth-order valence-corrected chi connectivity index (χ4v) is 1.30. The van der Waals surface area contributed by atoms with Crippen LogP contribution >= 0.6 is 11.6 Å². The second kappa shape index (κ2) is 4.36. The normalized spacial score (nSPS) is 10.4. The zero-order valence-electron chi connectivity index (χ0n) is 8.68. The van der Waals surface area contributed by atoms with E-state index < -0.39 is 0 Å². The molecule has 2 aromatic rings. The Morgan fingerprint density at radius 1 is 1.38 bits per heavy atom. The Morgan fingerprint density at radius 2 is 2.06 bits per heavy atom. The molecule has 84 valence electrons. The van der Waals surface area contributed by atoms with Crippen molar-refractivity contribution in [1.29, 1.82) is 0 Å². The summed E-state index contributed by atoms with van der Waals surface area (Å²) in [5, 5.41) is 7.57. The van der Waals surface area contributed by atoms with E-state index in [-0.39, 0.29) is 0 Å². The lowest BCUT2D eigenvalue weighted by Gasteiger charge is -2.03. The average molecular weight is 239 g/mol. The molecule has 0 aliphatic carbocycles. The molecule has 0 radical (unpaired) electrons. The Morgan fingerprint density at radius 3 is 2.62 bits per heavy atom. The Bertz CT molecular complexity index is 477. The van der Waals surface area contributed by atoms with E-state index in [0.717, 1.165) is 5.56 Å². The zero-order chi connectivity index (χ0) is 11.5. The Kier molecular flexibility index (Phi) is 2.91. The van der Waals surface area contributed by atoms with Gasteiger partial charge in [0.05, 0.1) is 23.6 Å². The van der Waals surface area contributed by atoms with E-state index in [2.05, 4.69) is 20.4 Å². The molecule has 16 heavy (non-hydrogen) atoms. The third kappa shape index (κ3) is 2.22. The molecule has 0 unspecified atom stereocenters. The van der Waals surface area contributed by atoms with Gasteiger partial charge in [-0.2, -0.15) is 5.10 Å². The van der Waals surface area contributed by atoms with Gasteiger partial charge in [-0.1, -0.05) is 11.6 Å². The summed E-state index contributed by atoms with van der Waals surface area (Å²) in [6.45, 7) is 0.529. The lowest BCUT2D eigenvalue weighted by Crippen LogP contribution is -2.05. The highest BCUT2D eigenvalue weighted by Gasteiger charge is 2.04. The summed E-state index contributed by atoms with van der Waals surface area (Å²) >= 11 is 5.67. The average Bonchev–Trinajstić information content (AvgIpc) is 2.60. The lowest BCUT2D eigenvalue weighted by molar-refractivity contribution is 0.778. The van der Waals surface area contributed by atoms with Gasteiger partial charge in [-0.15, -0.1) is 0 Å². The number of nitrogen functional groups attached to an aromatic ring is 1. The molecular weight excluding hydrogens is 228 g/mol. The third-order valence-corrected chi connectivity index (χ3v) is 2.32. The highest BCUT2D eigenvalue weighted by molar-refractivity contribution is 6.30. The molecule has 7 heteroatoms. The second-order valence-corrected chi connectivity index (χ2v) is 3.69. The minimum Gasteiger partial charge on any atom is -0.384 e. The molecule has 2 rings (SSSR count). The molecule has 0 spiro atoms. The van der Waals surface area contributed by atoms with Crippen molar-refractivity contribution in [3.8, 4) is 0 Å². The largest absolute Gasteiger partial charge is 0.384 e. The SMILES string of the molecule is Cn1ncc(CNc2ncc(Cl)cn2)c1N. The maximum Gasteiger partial charge on any atom is 0.222 e. The number of aromatic nitrogens is 4. The summed E-state index contributed by atoms with van der Waals surface area (Å²) < 4.78 is 1.61. The van der Waals surface area contributed by atoms with Gasteiger partial charge in [0.25, 0.3) is 0 Å². The summed E-state index contributed by atoms with van der Waals surface area (Å²) in [6, 6.07) is 0. The highest BCUT2D eigenvalue weighted by atomic mass is 35.5. The number of hydrogen-bond donors (Lipinski definition) is 2. The molecule has 0 saturated carbocycles. The first-order chi connectivity index (χ1) is 7.66. The van der Waals surface area contributed by atoms with Crippen LogP contribution < -0.4 is 11.1 Å². The fourth-order valence-electron chi connectivity index (χ4n) is 1.21. The quantitative estimate of drug-likeness (QED) is 0.836. The highest BCUT2D eigenvalue weighted by Crippen LogP contribution is 2.11. The molecule has 0 fully saturated rings. The summed E-state index contributed by atoms with van der Waals surface area (Å²) in [4.78, 5) is 8.02. The number of nitrogens with two attached hydrogens (primary N) is 1. The molecule has 2 aromatic heterocycles. The van der Waals surface area contributed by atoms with E-state index in [1.54, 1.807) is 17.9 Å². The van der Waals surface area contributed by atoms with Crippen LogP contribution in [0.3, 0.4) is 0 Å². The molecule has 0 bridgehead atoms. The molecule has 6 nitrogen and oxygen atoms in total. The number of aryl methyl sites for hydroxylation is 1. The topological polar surface area (TPSA) is 81.7 Å². The van der Waals surface area contributed by atoms with Crippen molar-refractivity contribution in [1.82, 2.24) is 19.7 Å². The minimum absolute atomic E-state index is 0.506. The Hall–Kier alpha value is -1.82. The molecule has 0 saturated heterocycles. The van der Waals surface area contributed by atoms with Gasteiger partial charge in [-0.05, 0) is 0 Å². The van der Waals surface area contributed by atoms with Gasteiger partial charge in [-0.3, -0.25) is 4.68 Å². The number of hydrogen-bond acceptors (Lipinski definition) is 5. The smallest absolute Gasteiger partial charge is 0.222 e. The first-order valence-electron chi connectivity index (χ1n) is 4.64. The zero-order valence-corrected chi connectivity index (χ0v) is 9.44. The predicted molar refractivity (Wildman–Crippen MR) is 62.0 cm³/mol. The van der Waals surface area contributed by atoms with Gasteiger partial charge in [0.1, 0.15) is 5.82 Å². The van der Waals surface area contributed by atoms with Crippen LogP contribution in [0.15, 0.2) is 18.6 Å². The van der Waals surface area contributed by atoms with Crippen LogP contribution in [0.2, 0.25) is 5.02 Å². The maximum absolute atomic E-state index is 5.79. The Labute approximate surface area is 97.5 Å². The lowest BCUT2D eigenvalue weighted by atomic mass is 10.3. The molecule has 3 N–H and O–H groups in total. The third-order valence-electron chi connectivity index (χ3n) is 2.12. The van der Waals surface area contributed by atoms with E-state index in [1.165, 1.54) is 12.4 Å². The van der Waals surface area contributed by atoms with Crippen LogP contribution in [0.5, 0.6) is 0 Å². The van der Waals surface area contributed by atoms with Crippen molar-refractivity contribution in [3.05, 3.63) is 29.2 Å². The van der Waals surface area contributed by atoms with Crippen molar-refractivity contribution in [2.24, 2.45) is 7.05 Å². The number of nitrogens with zero attached hydrogens (tertiary/aromatic N) is 4. The van der Waals surface area contributed by atoms with Gasteiger partial charge >= 0.3 is 0 Å². The van der Waals surface area contributed by atoms with Crippen LogP contribution in [0.1, 0.15) is 5.56 Å². The first-order valence-corrected chi connectivity index (χ1v) is 5.02. The number of rotatable bonds is 3. The van der Waals surface area contributed by atoms with Crippen LogP contribution in [0.4, 0.5) is 11.8 Å². The maximum atomic E-state index is 5.79. The number of nitrogens with one attached hydrogen (secondary N) is 1. The number of halogens is 1. The summed E-state index contributed by atoms with van der Waals surface area (Å²) in [7, 11) is 1.79. The van der Waals surface area contributed by atoms with Crippen LogP contribution in [-0.4, -0.2) is 19.7 Å². The molecule has 0 aliphatic heterocycles. The van der Waals surface area contributed by atoms with E-state index in [4.69, 9.17) is 17.3 Å². The van der Waals surface area contributed by atoms with Crippen molar-refractivity contribution in [2.45, 2.75) is 6.54 Å². The number of anilines is 2. The second-order valence-electron chi connectivity index (χ2n) is 3.26. The molecule has 0 aromatic carbocycles. The summed E-state index contributed by atoms with van der Waals surface area (Å²) in [5.74, 6) is 1.13. The molecule has 2 heterocycles. The van der Waals surface area contributed by atoms with Gasteiger partial charge < -0.3 is 11.1 Å². The van der Waals surface area contributed by atoms with E-state index in [1.807, 2.05) is 0 Å². The van der Waals surface area contributed by atoms with Gasteiger partial charge in [0.15, 0.2) is 0 Å². The minimum atomic E-state index is 0.506. The monoisotopic (exact) mass is 238 g/mol. The van der Waals surface area contributed by atoms with Crippen molar-refractivity contribution < 1.29 is 0 Å². The molecule has 0 amide bonds. The van der Waals surface area contributed by atoms with Crippen LogP contribution in [0, 0.1) is 0 Å². The first kappa shape index (κ1) is 10.7. The fraction of sp³-hybridized carbons (Fsp3) is 0.222. The molecule has 0 atom stereocenters. The standard InChI is InChI=1S/C9H11ClN6/c1-16-8(11)6(3-15-16)2-12-9-13-4-7(10)5-14-9/h3-5H,2,11H2,1H3,(H,12,13,14).